The highest BCUT2D eigenvalue weighted by Crippen LogP contribution is 2.31. The molecule has 0 heterocycles. The van der Waals surface area contributed by atoms with Crippen molar-refractivity contribution in [3.63, 3.8) is 0 Å². The number of rotatable bonds is 4. The molecule has 0 saturated heterocycles. The largest absolute Gasteiger partial charge is 0.325 e. The van der Waals surface area contributed by atoms with Crippen LogP contribution in [0.25, 0.3) is 0 Å². The van der Waals surface area contributed by atoms with Crippen molar-refractivity contribution in [1.82, 2.24) is 0 Å². The van der Waals surface area contributed by atoms with Gasteiger partial charge in [-0.15, -0.1) is 0 Å². The van der Waals surface area contributed by atoms with Crippen LogP contribution in [0.4, 0.5) is 5.69 Å². The summed E-state index contributed by atoms with van der Waals surface area (Å²) in [5.41, 5.74) is 1.83. The molecule has 2 atom stereocenters. The van der Waals surface area contributed by atoms with E-state index in [2.05, 4.69) is 53.1 Å². The molecule has 5 heteroatoms. The lowest BCUT2D eigenvalue weighted by Gasteiger charge is -2.17. The molecule has 2 nitrogen and oxygen atoms in total. The van der Waals surface area contributed by atoms with Gasteiger partial charge in [0, 0.05) is 10.2 Å². The molecule has 0 aliphatic rings. The summed E-state index contributed by atoms with van der Waals surface area (Å²) in [6.45, 7) is 0. The van der Waals surface area contributed by atoms with Gasteiger partial charge in [0.1, 0.15) is 4.83 Å². The van der Waals surface area contributed by atoms with Crippen LogP contribution in [0.15, 0.2) is 59.1 Å². The number of carbonyl (C=O) groups excluding carboxylic acids is 1. The van der Waals surface area contributed by atoms with E-state index in [1.54, 1.807) is 0 Å². The Morgan fingerprint density at radius 2 is 1.55 bits per heavy atom. The number of benzene rings is 2. The van der Waals surface area contributed by atoms with Gasteiger partial charge in [-0.3, -0.25) is 4.79 Å². The minimum absolute atomic E-state index is 0.0841. The number of carbonyl (C=O) groups is 1. The number of nitrogens with one attached hydrogen (secondary N) is 1. The van der Waals surface area contributed by atoms with Gasteiger partial charge in [0.25, 0.3) is 0 Å². The first kappa shape index (κ1) is 15.7. The van der Waals surface area contributed by atoms with Crippen LogP contribution in [0.2, 0.25) is 0 Å². The smallest absolute Gasteiger partial charge is 0.239 e. The van der Waals surface area contributed by atoms with E-state index in [0.717, 1.165) is 15.7 Å². The number of anilines is 1. The summed E-state index contributed by atoms with van der Waals surface area (Å²) in [6, 6.07) is 17.3. The van der Waals surface area contributed by atoms with Crippen LogP contribution in [0, 0.1) is 0 Å². The molecule has 0 saturated carbocycles. The first-order valence-corrected chi connectivity index (χ1v) is 8.60. The predicted molar refractivity (Wildman–Crippen MR) is 93.6 cm³/mol. The fourth-order valence-corrected chi connectivity index (χ4v) is 2.91. The fourth-order valence-electron chi connectivity index (χ4n) is 1.68. The zero-order chi connectivity index (χ0) is 14.5. The Labute approximate surface area is 143 Å². The molecule has 0 aliphatic carbocycles. The van der Waals surface area contributed by atoms with Crippen molar-refractivity contribution in [2.24, 2.45) is 0 Å². The molecule has 1 amide bonds. The Morgan fingerprint density at radius 1 is 0.950 bits per heavy atom. The van der Waals surface area contributed by atoms with Crippen LogP contribution >= 0.6 is 47.8 Å². The molecule has 0 fully saturated rings. The lowest BCUT2D eigenvalue weighted by molar-refractivity contribution is -0.115. The Bertz CT molecular complexity index is 571. The highest BCUT2D eigenvalue weighted by molar-refractivity contribution is 9.12. The number of hydrogen-bond acceptors (Lipinski definition) is 1. The second-order valence-corrected chi connectivity index (χ2v) is 7.10. The van der Waals surface area contributed by atoms with Crippen molar-refractivity contribution in [3.8, 4) is 0 Å². The molecule has 0 radical (unpaired) electrons. The average molecular weight is 462 g/mol. The van der Waals surface area contributed by atoms with E-state index in [9.17, 15) is 4.79 Å². The van der Waals surface area contributed by atoms with Gasteiger partial charge in [-0.25, -0.2) is 0 Å². The van der Waals surface area contributed by atoms with Gasteiger partial charge < -0.3 is 5.32 Å². The third-order valence-corrected chi connectivity index (χ3v) is 5.98. The van der Waals surface area contributed by atoms with Gasteiger partial charge in [0.2, 0.25) is 5.91 Å². The van der Waals surface area contributed by atoms with E-state index in [-0.39, 0.29) is 15.6 Å². The minimum Gasteiger partial charge on any atom is -0.325 e. The van der Waals surface area contributed by atoms with Crippen LogP contribution in [0.3, 0.4) is 0 Å². The van der Waals surface area contributed by atoms with Crippen molar-refractivity contribution in [1.29, 1.82) is 0 Å². The summed E-state index contributed by atoms with van der Waals surface area (Å²) in [5.74, 6) is -0.0851. The molecule has 20 heavy (non-hydrogen) atoms. The molecule has 2 rings (SSSR count). The van der Waals surface area contributed by atoms with Crippen molar-refractivity contribution >= 4 is 59.4 Å². The minimum atomic E-state index is -0.353. The van der Waals surface area contributed by atoms with Crippen LogP contribution < -0.4 is 5.32 Å². The van der Waals surface area contributed by atoms with E-state index in [4.69, 9.17) is 0 Å². The van der Waals surface area contributed by atoms with Gasteiger partial charge >= 0.3 is 0 Å². The molecule has 0 bridgehead atoms. The molecule has 104 valence electrons. The standard InChI is InChI=1S/C15H12Br3NO/c16-11-6-8-12(9-7-11)19-15(20)14(18)13(17)10-4-2-1-3-5-10/h1-9,13-14H,(H,19,20)/t13-,14+/m0/s1. The topological polar surface area (TPSA) is 29.1 Å². The molecule has 2 aromatic carbocycles. The second kappa shape index (κ2) is 7.38. The van der Waals surface area contributed by atoms with Crippen molar-refractivity contribution in [3.05, 3.63) is 64.6 Å². The lowest BCUT2D eigenvalue weighted by Crippen LogP contribution is -2.26. The number of hydrogen-bond donors (Lipinski definition) is 1. The van der Waals surface area contributed by atoms with Gasteiger partial charge in [0.15, 0.2) is 0 Å². The van der Waals surface area contributed by atoms with Crippen molar-refractivity contribution < 1.29 is 4.79 Å². The van der Waals surface area contributed by atoms with Crippen LogP contribution in [0.5, 0.6) is 0 Å². The summed E-state index contributed by atoms with van der Waals surface area (Å²) < 4.78 is 0.980. The quantitative estimate of drug-likeness (QED) is 0.616. The first-order valence-electron chi connectivity index (χ1n) is 5.97. The maximum absolute atomic E-state index is 12.2. The normalized spacial score (nSPS) is 13.6. The molecule has 0 aliphatic heterocycles. The van der Waals surface area contributed by atoms with E-state index >= 15 is 0 Å². The monoisotopic (exact) mass is 459 g/mol. The maximum Gasteiger partial charge on any atom is 0.239 e. The summed E-state index contributed by atoms with van der Waals surface area (Å²) >= 11 is 10.4. The third-order valence-electron chi connectivity index (χ3n) is 2.74. The SMILES string of the molecule is O=C(Nc1ccc(Br)cc1)[C@H](Br)[C@@H](Br)c1ccccc1. The van der Waals surface area contributed by atoms with Crippen LogP contribution in [-0.4, -0.2) is 10.7 Å². The fraction of sp³-hybridized carbons (Fsp3) is 0.133. The lowest BCUT2D eigenvalue weighted by atomic mass is 10.1. The van der Waals surface area contributed by atoms with E-state index in [1.165, 1.54) is 0 Å². The molecule has 0 unspecified atom stereocenters. The molecule has 0 aromatic heterocycles. The van der Waals surface area contributed by atoms with Crippen LogP contribution in [0.1, 0.15) is 10.4 Å². The molecule has 1 N–H and O–H groups in total. The first-order chi connectivity index (χ1) is 9.58. The maximum atomic E-state index is 12.2. The Balaban J connectivity index is 2.03. The summed E-state index contributed by atoms with van der Waals surface area (Å²) in [6.07, 6.45) is 0. The highest BCUT2D eigenvalue weighted by atomic mass is 79.9. The summed E-state index contributed by atoms with van der Waals surface area (Å²) in [7, 11) is 0. The third kappa shape index (κ3) is 4.17. The van der Waals surface area contributed by atoms with Crippen molar-refractivity contribution in [2.75, 3.05) is 5.32 Å². The Morgan fingerprint density at radius 3 is 2.15 bits per heavy atom. The van der Waals surface area contributed by atoms with E-state index in [0.29, 0.717) is 0 Å². The van der Waals surface area contributed by atoms with Gasteiger partial charge in [-0.05, 0) is 29.8 Å². The highest BCUT2D eigenvalue weighted by Gasteiger charge is 2.24. The molecular formula is C15H12Br3NO. The molecule has 2 aromatic rings. The second-order valence-electron chi connectivity index (χ2n) is 4.21. The average Bonchev–Trinajstić information content (AvgIpc) is 2.49. The predicted octanol–water partition coefficient (Wildman–Crippen LogP) is 5.29. The van der Waals surface area contributed by atoms with E-state index in [1.807, 2.05) is 54.6 Å². The molecular weight excluding hydrogens is 450 g/mol. The Hall–Kier alpha value is -0.650. The summed E-state index contributed by atoms with van der Waals surface area (Å²) in [4.78, 5) is 11.8. The van der Waals surface area contributed by atoms with Crippen molar-refractivity contribution in [2.45, 2.75) is 9.65 Å². The zero-order valence-electron chi connectivity index (χ0n) is 10.4. The zero-order valence-corrected chi connectivity index (χ0v) is 15.2. The number of alkyl halides is 2. The Kier molecular flexibility index (Phi) is 5.81. The van der Waals surface area contributed by atoms with Gasteiger partial charge in [0.05, 0.1) is 4.83 Å². The summed E-state index contributed by atoms with van der Waals surface area (Å²) in [5, 5.41) is 2.88. The van der Waals surface area contributed by atoms with Crippen LogP contribution in [-0.2, 0) is 4.79 Å². The number of amides is 1. The van der Waals surface area contributed by atoms with Gasteiger partial charge in [-0.2, -0.15) is 0 Å². The van der Waals surface area contributed by atoms with Gasteiger partial charge in [-0.1, -0.05) is 78.1 Å². The van der Waals surface area contributed by atoms with E-state index < -0.39 is 0 Å². The number of halogens is 3. The molecule has 0 spiro atoms.